The summed E-state index contributed by atoms with van der Waals surface area (Å²) < 4.78 is 9.91. The summed E-state index contributed by atoms with van der Waals surface area (Å²) in [7, 11) is 1.12. The summed E-state index contributed by atoms with van der Waals surface area (Å²) >= 11 is 0. The molecule has 6 N–H and O–H groups in total. The first-order valence-corrected chi connectivity index (χ1v) is 10.8. The fraction of sp³-hybridized carbons (Fsp3) is 0.111. The van der Waals surface area contributed by atoms with Gasteiger partial charge in [0, 0.05) is 18.1 Å². The Morgan fingerprint density at radius 3 is 2.08 bits per heavy atom. The van der Waals surface area contributed by atoms with Crippen LogP contribution in [0.15, 0.2) is 54.6 Å². The Labute approximate surface area is 211 Å². The van der Waals surface area contributed by atoms with Gasteiger partial charge in [-0.1, -0.05) is 24.3 Å². The Hall–Kier alpha value is -5.12. The lowest BCUT2D eigenvalue weighted by molar-refractivity contribution is -0.162. The molecular weight excluding hydrogens is 484 g/mol. The molecule has 0 saturated heterocycles. The molecule has 0 aliphatic rings. The van der Waals surface area contributed by atoms with Gasteiger partial charge in [-0.2, -0.15) is 0 Å². The Balaban J connectivity index is 1.81. The first-order valence-electron chi connectivity index (χ1n) is 10.8. The number of carbonyl (C=O) groups is 2. The average Bonchev–Trinajstić information content (AvgIpc) is 2.87. The molecule has 0 amide bonds. The zero-order chi connectivity index (χ0) is 27.1. The van der Waals surface area contributed by atoms with Crippen molar-refractivity contribution >= 4 is 30.2 Å². The van der Waals surface area contributed by atoms with Crippen molar-refractivity contribution in [3.8, 4) is 34.5 Å². The van der Waals surface area contributed by atoms with E-state index < -0.39 is 35.3 Å². The van der Waals surface area contributed by atoms with Crippen molar-refractivity contribution in [3.05, 3.63) is 76.9 Å². The molecule has 0 spiro atoms. The second-order valence-corrected chi connectivity index (χ2v) is 7.83. The lowest BCUT2D eigenvalue weighted by atomic mass is 10.0. The van der Waals surface area contributed by atoms with E-state index in [1.165, 1.54) is 66.8 Å². The van der Waals surface area contributed by atoms with Crippen molar-refractivity contribution in [1.82, 2.24) is 0 Å². The number of hydrogen-bond donors (Lipinski definition) is 6. The van der Waals surface area contributed by atoms with E-state index >= 15 is 0 Å². The summed E-state index contributed by atoms with van der Waals surface area (Å²) in [4.78, 5) is 24.6. The quantitative estimate of drug-likeness (QED) is 0.114. The van der Waals surface area contributed by atoms with E-state index in [2.05, 4.69) is 4.74 Å². The van der Waals surface area contributed by atoms with Crippen LogP contribution in [0, 0.1) is 0 Å². The Morgan fingerprint density at radius 2 is 1.43 bits per heavy atom. The molecule has 192 valence electrons. The summed E-state index contributed by atoms with van der Waals surface area (Å²) in [6, 6.07) is 10.6. The van der Waals surface area contributed by atoms with Gasteiger partial charge in [0.25, 0.3) is 0 Å². The number of rotatable bonds is 8. The summed E-state index contributed by atoms with van der Waals surface area (Å²) in [5.41, 5.74) is 1.33. The molecule has 0 aliphatic heterocycles. The lowest BCUT2D eigenvalue weighted by Crippen LogP contribution is -2.30. The predicted molar refractivity (Wildman–Crippen MR) is 133 cm³/mol. The third-order valence-electron chi connectivity index (χ3n) is 5.25. The van der Waals surface area contributed by atoms with Crippen LogP contribution in [0.25, 0.3) is 18.2 Å². The van der Waals surface area contributed by atoms with Crippen LogP contribution in [0.4, 0.5) is 0 Å². The van der Waals surface area contributed by atoms with Crippen LogP contribution in [0.2, 0.25) is 0 Å². The third kappa shape index (κ3) is 6.73. The zero-order valence-corrected chi connectivity index (χ0v) is 19.5. The number of phenolic OH excluding ortho intramolecular Hbond substituents is 6. The molecule has 3 aromatic rings. The fourth-order valence-corrected chi connectivity index (χ4v) is 3.31. The first-order chi connectivity index (χ1) is 17.6. The average molecular weight is 508 g/mol. The summed E-state index contributed by atoms with van der Waals surface area (Å²) in [6.45, 7) is 0. The maximum absolute atomic E-state index is 12.5. The summed E-state index contributed by atoms with van der Waals surface area (Å²) in [5.74, 6) is -4.00. The number of hydrogen-bond acceptors (Lipinski definition) is 10. The third-order valence-corrected chi connectivity index (χ3v) is 5.25. The largest absolute Gasteiger partial charge is 0.504 e. The minimum Gasteiger partial charge on any atom is -0.504 e. The summed E-state index contributed by atoms with van der Waals surface area (Å²) in [5, 5.41) is 58.4. The molecule has 1 atom stereocenters. The lowest BCUT2D eigenvalue weighted by Gasteiger charge is -2.15. The standard InChI is InChI=1S/C27H24O10/c1-36-27(35)24(14-16-4-9-20(29)23(32)13-16)37-25(33)11-6-17-5-10-21(30)26(34)18(17)7-2-15-3-8-19(28)22(31)12-15/h2-13,24,28-32,34H,14H2,1H3/b7-2+,11-6?. The molecule has 0 aromatic heterocycles. The van der Waals surface area contributed by atoms with Gasteiger partial charge in [-0.25, -0.2) is 9.59 Å². The maximum Gasteiger partial charge on any atom is 0.347 e. The molecule has 0 saturated carbocycles. The van der Waals surface area contributed by atoms with Gasteiger partial charge in [-0.3, -0.25) is 0 Å². The van der Waals surface area contributed by atoms with Gasteiger partial charge in [0.05, 0.1) is 7.11 Å². The molecule has 0 aliphatic carbocycles. The van der Waals surface area contributed by atoms with Crippen LogP contribution in [-0.4, -0.2) is 55.8 Å². The second-order valence-electron chi connectivity index (χ2n) is 7.83. The number of benzene rings is 3. The van der Waals surface area contributed by atoms with Gasteiger partial charge in [-0.05, 0) is 59.2 Å². The van der Waals surface area contributed by atoms with Crippen molar-refractivity contribution in [1.29, 1.82) is 0 Å². The minimum atomic E-state index is -1.35. The Kier molecular flexibility index (Phi) is 8.26. The van der Waals surface area contributed by atoms with Gasteiger partial charge in [0.15, 0.2) is 34.5 Å². The van der Waals surface area contributed by atoms with Gasteiger partial charge in [0.2, 0.25) is 6.10 Å². The van der Waals surface area contributed by atoms with Crippen LogP contribution < -0.4 is 0 Å². The predicted octanol–water partition coefficient (Wildman–Crippen LogP) is 3.43. The van der Waals surface area contributed by atoms with E-state index in [0.717, 1.165) is 13.2 Å². The molecule has 10 nitrogen and oxygen atoms in total. The topological polar surface area (TPSA) is 174 Å². The number of phenols is 6. The minimum absolute atomic E-state index is 0.131. The second kappa shape index (κ2) is 11.5. The van der Waals surface area contributed by atoms with Crippen LogP contribution >= 0.6 is 0 Å². The van der Waals surface area contributed by atoms with E-state index in [1.54, 1.807) is 0 Å². The monoisotopic (exact) mass is 508 g/mol. The fourth-order valence-electron chi connectivity index (χ4n) is 3.31. The van der Waals surface area contributed by atoms with Gasteiger partial charge >= 0.3 is 11.9 Å². The van der Waals surface area contributed by atoms with Crippen LogP contribution in [0.3, 0.4) is 0 Å². The molecule has 0 fully saturated rings. The molecule has 10 heteroatoms. The summed E-state index contributed by atoms with van der Waals surface area (Å²) in [6.07, 6.45) is 3.77. The maximum atomic E-state index is 12.5. The molecule has 3 aromatic carbocycles. The highest BCUT2D eigenvalue weighted by atomic mass is 16.6. The number of aromatic hydroxyl groups is 6. The number of carbonyl (C=O) groups excluding carboxylic acids is 2. The molecule has 3 rings (SSSR count). The van der Waals surface area contributed by atoms with Crippen LogP contribution in [-0.2, 0) is 25.5 Å². The van der Waals surface area contributed by atoms with Crippen molar-refractivity contribution in [2.75, 3.05) is 7.11 Å². The smallest absolute Gasteiger partial charge is 0.347 e. The first kappa shape index (κ1) is 26.5. The Morgan fingerprint density at radius 1 is 0.784 bits per heavy atom. The van der Waals surface area contributed by atoms with Crippen molar-refractivity contribution in [2.45, 2.75) is 12.5 Å². The van der Waals surface area contributed by atoms with Crippen molar-refractivity contribution in [2.24, 2.45) is 0 Å². The Bertz CT molecular complexity index is 1370. The van der Waals surface area contributed by atoms with E-state index in [-0.39, 0.29) is 29.2 Å². The van der Waals surface area contributed by atoms with Crippen molar-refractivity contribution < 1.29 is 49.7 Å². The number of ether oxygens (including phenoxy) is 2. The SMILES string of the molecule is COC(=O)C(Cc1ccc(O)c(O)c1)OC(=O)C=Cc1ccc(O)c(O)c1/C=C/c1ccc(O)c(O)c1. The van der Waals surface area contributed by atoms with Gasteiger partial charge < -0.3 is 40.1 Å². The number of esters is 2. The van der Waals surface area contributed by atoms with Gasteiger partial charge in [-0.15, -0.1) is 0 Å². The van der Waals surface area contributed by atoms with Crippen LogP contribution in [0.1, 0.15) is 22.3 Å². The highest BCUT2D eigenvalue weighted by Crippen LogP contribution is 2.34. The molecule has 0 heterocycles. The van der Waals surface area contributed by atoms with Crippen LogP contribution in [0.5, 0.6) is 34.5 Å². The van der Waals surface area contributed by atoms with E-state index in [9.17, 15) is 40.2 Å². The highest BCUT2D eigenvalue weighted by Gasteiger charge is 2.24. The van der Waals surface area contributed by atoms with Gasteiger partial charge in [0.1, 0.15) is 0 Å². The van der Waals surface area contributed by atoms with E-state index in [0.29, 0.717) is 16.7 Å². The normalized spacial score (nSPS) is 12.0. The van der Waals surface area contributed by atoms with E-state index in [4.69, 9.17) is 4.74 Å². The molecule has 1 unspecified atom stereocenters. The number of methoxy groups -OCH3 is 1. The molecular formula is C27H24O10. The zero-order valence-electron chi connectivity index (χ0n) is 19.5. The van der Waals surface area contributed by atoms with Crippen molar-refractivity contribution in [3.63, 3.8) is 0 Å². The molecule has 0 bridgehead atoms. The van der Waals surface area contributed by atoms with E-state index in [1.807, 2.05) is 0 Å². The molecule has 37 heavy (non-hydrogen) atoms. The highest BCUT2D eigenvalue weighted by molar-refractivity contribution is 5.91. The molecule has 0 radical (unpaired) electrons.